The Labute approximate surface area is 78.9 Å². The highest BCUT2D eigenvalue weighted by atomic mass is 32.2. The largest absolute Gasteiger partial charge is 0.395 e. The molecular formula is C9H19NOS. The van der Waals surface area contributed by atoms with Crippen molar-refractivity contribution < 1.29 is 5.11 Å². The van der Waals surface area contributed by atoms with Crippen molar-refractivity contribution in [3.63, 3.8) is 0 Å². The summed E-state index contributed by atoms with van der Waals surface area (Å²) in [6, 6.07) is 0.112. The molecule has 0 spiro atoms. The molecule has 1 aliphatic rings. The summed E-state index contributed by atoms with van der Waals surface area (Å²) >= 11 is 1.89. The van der Waals surface area contributed by atoms with E-state index in [1.54, 1.807) is 0 Å². The second-order valence-electron chi connectivity index (χ2n) is 3.62. The fraction of sp³-hybridized carbons (Fsp3) is 1.00. The molecule has 2 nitrogen and oxygen atoms in total. The number of aliphatic hydroxyl groups excluding tert-OH is 1. The van der Waals surface area contributed by atoms with Crippen molar-refractivity contribution in [3.05, 3.63) is 0 Å². The van der Waals surface area contributed by atoms with Crippen LogP contribution < -0.4 is 5.73 Å². The Morgan fingerprint density at radius 3 is 2.50 bits per heavy atom. The molecule has 1 rings (SSSR count). The highest BCUT2D eigenvalue weighted by Crippen LogP contribution is 2.32. The number of nitrogens with two attached hydrogens (primary N) is 1. The van der Waals surface area contributed by atoms with E-state index < -0.39 is 0 Å². The molecule has 1 saturated carbocycles. The van der Waals surface area contributed by atoms with E-state index in [-0.39, 0.29) is 17.9 Å². The Kier molecular flexibility index (Phi) is 4.40. The van der Waals surface area contributed by atoms with Crippen LogP contribution in [0.1, 0.15) is 32.6 Å². The molecule has 12 heavy (non-hydrogen) atoms. The van der Waals surface area contributed by atoms with Crippen LogP contribution in [0.25, 0.3) is 0 Å². The van der Waals surface area contributed by atoms with Gasteiger partial charge in [-0.25, -0.2) is 0 Å². The van der Waals surface area contributed by atoms with Crippen molar-refractivity contribution >= 4 is 11.8 Å². The normalized spacial score (nSPS) is 24.2. The van der Waals surface area contributed by atoms with E-state index in [4.69, 9.17) is 10.8 Å². The molecule has 0 aliphatic heterocycles. The van der Waals surface area contributed by atoms with Crippen molar-refractivity contribution in [1.29, 1.82) is 0 Å². The average molecular weight is 189 g/mol. The second-order valence-corrected chi connectivity index (χ2v) is 5.17. The Bertz CT molecular complexity index is 124. The van der Waals surface area contributed by atoms with Gasteiger partial charge in [-0.05, 0) is 19.8 Å². The molecule has 3 N–H and O–H groups in total. The van der Waals surface area contributed by atoms with Crippen LogP contribution in [0.3, 0.4) is 0 Å². The van der Waals surface area contributed by atoms with Crippen LogP contribution in [-0.2, 0) is 0 Å². The monoisotopic (exact) mass is 189 g/mol. The molecule has 0 saturated heterocycles. The third-order valence-corrected chi connectivity index (χ3v) is 4.22. The molecule has 2 atom stereocenters. The van der Waals surface area contributed by atoms with Gasteiger partial charge in [0.05, 0.1) is 6.61 Å². The van der Waals surface area contributed by atoms with Gasteiger partial charge in [0.15, 0.2) is 0 Å². The Balaban J connectivity index is 2.26. The number of hydrogen-bond donors (Lipinski definition) is 2. The summed E-state index contributed by atoms with van der Waals surface area (Å²) < 4.78 is 0. The minimum atomic E-state index is 0.112. The van der Waals surface area contributed by atoms with E-state index in [1.807, 2.05) is 18.7 Å². The number of hydrogen-bond acceptors (Lipinski definition) is 3. The molecule has 3 heteroatoms. The van der Waals surface area contributed by atoms with Crippen molar-refractivity contribution in [1.82, 2.24) is 0 Å². The van der Waals surface area contributed by atoms with Crippen LogP contribution in [0.2, 0.25) is 0 Å². The number of thioether (sulfide) groups is 1. The average Bonchev–Trinajstić information content (AvgIpc) is 2.51. The molecule has 0 radical (unpaired) electrons. The minimum Gasteiger partial charge on any atom is -0.395 e. The summed E-state index contributed by atoms with van der Waals surface area (Å²) in [4.78, 5) is 0. The lowest BCUT2D eigenvalue weighted by molar-refractivity contribution is 0.285. The lowest BCUT2D eigenvalue weighted by Crippen LogP contribution is -2.33. The van der Waals surface area contributed by atoms with Gasteiger partial charge in [0.2, 0.25) is 0 Å². The molecule has 0 aromatic rings. The Morgan fingerprint density at radius 2 is 2.08 bits per heavy atom. The lowest BCUT2D eigenvalue weighted by atomic mass is 10.3. The molecule has 1 aliphatic carbocycles. The smallest absolute Gasteiger partial charge is 0.0565 e. The van der Waals surface area contributed by atoms with Crippen LogP contribution in [0.5, 0.6) is 0 Å². The van der Waals surface area contributed by atoms with E-state index in [0.29, 0.717) is 0 Å². The number of aliphatic hydroxyl groups is 1. The summed E-state index contributed by atoms with van der Waals surface area (Å²) in [5.41, 5.74) is 5.74. The highest BCUT2D eigenvalue weighted by Gasteiger charge is 2.22. The van der Waals surface area contributed by atoms with Crippen LogP contribution in [-0.4, -0.2) is 28.3 Å². The van der Waals surface area contributed by atoms with Gasteiger partial charge in [0.25, 0.3) is 0 Å². The molecule has 0 heterocycles. The molecule has 0 amide bonds. The van der Waals surface area contributed by atoms with Gasteiger partial charge in [-0.1, -0.05) is 12.8 Å². The van der Waals surface area contributed by atoms with Gasteiger partial charge in [-0.3, -0.25) is 0 Å². The fourth-order valence-electron chi connectivity index (χ4n) is 1.60. The highest BCUT2D eigenvalue weighted by molar-refractivity contribution is 8.00. The zero-order valence-corrected chi connectivity index (χ0v) is 8.52. The summed E-state index contributed by atoms with van der Waals surface area (Å²) in [6.45, 7) is 2.20. The summed E-state index contributed by atoms with van der Waals surface area (Å²) in [7, 11) is 0. The Morgan fingerprint density at radius 1 is 1.50 bits per heavy atom. The molecular weight excluding hydrogens is 170 g/mol. The van der Waals surface area contributed by atoms with E-state index in [0.717, 1.165) is 5.25 Å². The van der Waals surface area contributed by atoms with Gasteiger partial charge in [0.1, 0.15) is 0 Å². The van der Waals surface area contributed by atoms with Crippen molar-refractivity contribution in [2.24, 2.45) is 5.73 Å². The van der Waals surface area contributed by atoms with Gasteiger partial charge in [-0.15, -0.1) is 0 Å². The maximum absolute atomic E-state index is 9.06. The van der Waals surface area contributed by atoms with E-state index >= 15 is 0 Å². The van der Waals surface area contributed by atoms with Gasteiger partial charge in [0, 0.05) is 16.5 Å². The Hall–Kier alpha value is 0.270. The first-order valence-corrected chi connectivity index (χ1v) is 5.70. The quantitative estimate of drug-likeness (QED) is 0.702. The van der Waals surface area contributed by atoms with E-state index in [1.165, 1.54) is 25.7 Å². The summed E-state index contributed by atoms with van der Waals surface area (Å²) in [5.74, 6) is 0. The number of rotatable bonds is 4. The third kappa shape index (κ3) is 2.96. The SMILES string of the molecule is CC(N)C(CO)SC1CCCC1. The first-order chi connectivity index (χ1) is 5.74. The van der Waals surface area contributed by atoms with Crippen molar-refractivity contribution in [2.45, 2.75) is 49.1 Å². The minimum absolute atomic E-state index is 0.112. The lowest BCUT2D eigenvalue weighted by Gasteiger charge is -2.21. The summed E-state index contributed by atoms with van der Waals surface area (Å²) in [6.07, 6.45) is 5.34. The van der Waals surface area contributed by atoms with Gasteiger partial charge in [-0.2, -0.15) is 11.8 Å². The maximum Gasteiger partial charge on any atom is 0.0565 e. The van der Waals surface area contributed by atoms with Gasteiger partial charge < -0.3 is 10.8 Å². The van der Waals surface area contributed by atoms with Gasteiger partial charge >= 0.3 is 0 Å². The predicted octanol–water partition coefficient (Wildman–Crippen LogP) is 1.37. The zero-order valence-electron chi connectivity index (χ0n) is 7.70. The van der Waals surface area contributed by atoms with Crippen LogP contribution >= 0.6 is 11.8 Å². The standard InChI is InChI=1S/C9H19NOS/c1-7(10)9(6-11)12-8-4-2-3-5-8/h7-9,11H,2-6,10H2,1H3. The van der Waals surface area contributed by atoms with Crippen LogP contribution in [0.4, 0.5) is 0 Å². The predicted molar refractivity (Wildman–Crippen MR) is 54.4 cm³/mol. The maximum atomic E-state index is 9.06. The summed E-state index contributed by atoms with van der Waals surface area (Å²) in [5, 5.41) is 10.1. The molecule has 0 aromatic carbocycles. The zero-order chi connectivity index (χ0) is 8.97. The first kappa shape index (κ1) is 10.4. The molecule has 0 bridgehead atoms. The fourth-order valence-corrected chi connectivity index (χ4v) is 3.04. The molecule has 1 fully saturated rings. The third-order valence-electron chi connectivity index (χ3n) is 2.44. The molecule has 0 aromatic heterocycles. The van der Waals surface area contributed by atoms with Crippen LogP contribution in [0.15, 0.2) is 0 Å². The molecule has 2 unspecified atom stereocenters. The topological polar surface area (TPSA) is 46.2 Å². The van der Waals surface area contributed by atoms with Crippen molar-refractivity contribution in [3.8, 4) is 0 Å². The van der Waals surface area contributed by atoms with E-state index in [9.17, 15) is 0 Å². The van der Waals surface area contributed by atoms with Crippen molar-refractivity contribution in [2.75, 3.05) is 6.61 Å². The first-order valence-electron chi connectivity index (χ1n) is 4.76. The van der Waals surface area contributed by atoms with E-state index in [2.05, 4.69) is 0 Å². The second kappa shape index (κ2) is 5.10. The molecule has 72 valence electrons. The van der Waals surface area contributed by atoms with Crippen LogP contribution in [0, 0.1) is 0 Å².